The Hall–Kier alpha value is -0.120. The van der Waals surface area contributed by atoms with Crippen LogP contribution in [0.1, 0.15) is 30.9 Å². The van der Waals surface area contributed by atoms with Gasteiger partial charge >= 0.3 is 6.18 Å². The summed E-state index contributed by atoms with van der Waals surface area (Å²) in [6.07, 6.45) is -2.91. The molecule has 1 aromatic rings. The smallest absolute Gasteiger partial charge is 0.166 e. The van der Waals surface area contributed by atoms with E-state index in [0.29, 0.717) is 0 Å². The van der Waals surface area contributed by atoms with Crippen molar-refractivity contribution in [3.8, 4) is 0 Å². The Bertz CT molecular complexity index is 475. The van der Waals surface area contributed by atoms with Crippen LogP contribution in [0.3, 0.4) is 0 Å². The van der Waals surface area contributed by atoms with Gasteiger partial charge < -0.3 is 0 Å². The summed E-state index contributed by atoms with van der Waals surface area (Å²) in [5.41, 5.74) is -1.80. The lowest BCUT2D eigenvalue weighted by molar-refractivity contribution is -0.138. The highest BCUT2D eigenvalue weighted by atomic mass is 35.6. The molecule has 0 aliphatic heterocycles. The number of benzene rings is 1. The Morgan fingerprint density at radius 3 is 1.84 bits per heavy atom. The predicted octanol–water partition coefficient (Wildman–Crippen LogP) is 5.74. The molecule has 0 radical (unpaired) electrons. The molecule has 1 aliphatic carbocycles. The standard InChI is InChI=1S/C13H12Cl3F3/c1-11(8-6-7-8,13(14,15)16)9-4-2-3-5-10(9)12(17,18)19/h2-5,8H,6-7H2,1H3. The minimum Gasteiger partial charge on any atom is -0.166 e. The molecule has 0 amide bonds. The van der Waals surface area contributed by atoms with E-state index in [-0.39, 0.29) is 11.5 Å². The van der Waals surface area contributed by atoms with E-state index in [2.05, 4.69) is 0 Å². The maximum absolute atomic E-state index is 13.1. The van der Waals surface area contributed by atoms with Crippen molar-refractivity contribution < 1.29 is 13.2 Å². The second-order valence-electron chi connectivity index (χ2n) is 5.02. The molecule has 1 unspecified atom stereocenters. The van der Waals surface area contributed by atoms with Crippen molar-refractivity contribution >= 4 is 34.8 Å². The van der Waals surface area contributed by atoms with Gasteiger partial charge in [0.2, 0.25) is 0 Å². The van der Waals surface area contributed by atoms with Crippen LogP contribution in [0.2, 0.25) is 0 Å². The average Bonchev–Trinajstić information content (AvgIpc) is 3.09. The molecule has 106 valence electrons. The van der Waals surface area contributed by atoms with Gasteiger partial charge in [0.15, 0.2) is 3.79 Å². The molecule has 1 fully saturated rings. The zero-order valence-corrected chi connectivity index (χ0v) is 12.3. The number of alkyl halides is 6. The first kappa shape index (κ1) is 15.3. The van der Waals surface area contributed by atoms with Gasteiger partial charge in [-0.15, -0.1) is 0 Å². The largest absolute Gasteiger partial charge is 0.416 e. The van der Waals surface area contributed by atoms with Crippen LogP contribution in [-0.2, 0) is 11.6 Å². The van der Waals surface area contributed by atoms with Crippen LogP contribution in [0.25, 0.3) is 0 Å². The van der Waals surface area contributed by atoms with Gasteiger partial charge in [-0.25, -0.2) is 0 Å². The molecule has 1 aliphatic rings. The summed E-state index contributed by atoms with van der Waals surface area (Å²) < 4.78 is 37.6. The Balaban J connectivity index is 2.62. The van der Waals surface area contributed by atoms with E-state index >= 15 is 0 Å². The van der Waals surface area contributed by atoms with Crippen molar-refractivity contribution in [3.05, 3.63) is 35.4 Å². The monoisotopic (exact) mass is 330 g/mol. The molecular weight excluding hydrogens is 319 g/mol. The molecule has 19 heavy (non-hydrogen) atoms. The Kier molecular flexibility index (Phi) is 3.79. The minimum atomic E-state index is -4.46. The number of halogens is 6. The van der Waals surface area contributed by atoms with E-state index < -0.39 is 20.9 Å². The Morgan fingerprint density at radius 1 is 1.00 bits per heavy atom. The van der Waals surface area contributed by atoms with Crippen molar-refractivity contribution in [2.45, 2.75) is 35.1 Å². The third kappa shape index (κ3) is 2.70. The molecule has 6 heteroatoms. The van der Waals surface area contributed by atoms with Gasteiger partial charge in [0, 0.05) is 5.41 Å². The lowest BCUT2D eigenvalue weighted by atomic mass is 9.76. The second-order valence-corrected chi connectivity index (χ2v) is 7.30. The van der Waals surface area contributed by atoms with Crippen molar-refractivity contribution in [1.82, 2.24) is 0 Å². The van der Waals surface area contributed by atoms with E-state index in [0.717, 1.165) is 18.9 Å². The van der Waals surface area contributed by atoms with Crippen molar-refractivity contribution in [2.75, 3.05) is 0 Å². The van der Waals surface area contributed by atoms with E-state index in [4.69, 9.17) is 34.8 Å². The predicted molar refractivity (Wildman–Crippen MR) is 71.8 cm³/mol. The third-order valence-corrected chi connectivity index (χ3v) is 4.95. The number of rotatable bonds is 2. The molecule has 0 aromatic heterocycles. The average molecular weight is 332 g/mol. The quantitative estimate of drug-likeness (QED) is 0.606. The highest BCUT2D eigenvalue weighted by molar-refractivity contribution is 6.68. The molecule has 1 atom stereocenters. The normalized spacial score (nSPS) is 20.2. The van der Waals surface area contributed by atoms with Gasteiger partial charge in [0.1, 0.15) is 0 Å². The van der Waals surface area contributed by atoms with Crippen LogP contribution in [0, 0.1) is 5.92 Å². The van der Waals surface area contributed by atoms with Crippen LogP contribution in [0.5, 0.6) is 0 Å². The summed E-state index contributed by atoms with van der Waals surface area (Å²) in [4.78, 5) is 0. The summed E-state index contributed by atoms with van der Waals surface area (Å²) in [6.45, 7) is 1.60. The molecule has 1 saturated carbocycles. The minimum absolute atomic E-state index is 0.0384. The SMILES string of the molecule is CC(c1ccccc1C(F)(F)F)(C1CC1)C(Cl)(Cl)Cl. The van der Waals surface area contributed by atoms with Crippen molar-refractivity contribution in [2.24, 2.45) is 5.92 Å². The van der Waals surface area contributed by atoms with Crippen LogP contribution in [-0.4, -0.2) is 3.79 Å². The lowest BCUT2D eigenvalue weighted by Gasteiger charge is -2.38. The van der Waals surface area contributed by atoms with E-state index in [1.54, 1.807) is 13.0 Å². The van der Waals surface area contributed by atoms with Gasteiger partial charge in [0.05, 0.1) is 5.56 Å². The summed E-state index contributed by atoms with van der Waals surface area (Å²) in [5, 5.41) is 0. The van der Waals surface area contributed by atoms with Gasteiger partial charge in [-0.3, -0.25) is 0 Å². The molecule has 0 saturated heterocycles. The summed E-state index contributed by atoms with van der Waals surface area (Å²) in [7, 11) is 0. The fraction of sp³-hybridized carbons (Fsp3) is 0.538. The highest BCUT2D eigenvalue weighted by Crippen LogP contribution is 2.60. The van der Waals surface area contributed by atoms with E-state index in [9.17, 15) is 13.2 Å². The van der Waals surface area contributed by atoms with Crippen molar-refractivity contribution in [1.29, 1.82) is 0 Å². The van der Waals surface area contributed by atoms with Crippen molar-refractivity contribution in [3.63, 3.8) is 0 Å². The van der Waals surface area contributed by atoms with Gasteiger partial charge in [-0.05, 0) is 30.4 Å². The fourth-order valence-corrected chi connectivity index (χ4v) is 3.22. The summed E-state index contributed by atoms with van der Waals surface area (Å²) >= 11 is 18.0. The zero-order valence-electron chi connectivity index (χ0n) is 10.1. The van der Waals surface area contributed by atoms with Crippen LogP contribution in [0.15, 0.2) is 24.3 Å². The molecule has 0 bridgehead atoms. The van der Waals surface area contributed by atoms with E-state index in [1.165, 1.54) is 12.1 Å². The molecular formula is C13H12Cl3F3. The molecule has 2 rings (SSSR count). The van der Waals surface area contributed by atoms with Gasteiger partial charge in [-0.1, -0.05) is 59.9 Å². The fourth-order valence-electron chi connectivity index (χ4n) is 2.45. The highest BCUT2D eigenvalue weighted by Gasteiger charge is 2.57. The lowest BCUT2D eigenvalue weighted by Crippen LogP contribution is -2.40. The first-order chi connectivity index (χ1) is 8.58. The van der Waals surface area contributed by atoms with Gasteiger partial charge in [-0.2, -0.15) is 13.2 Å². The summed E-state index contributed by atoms with van der Waals surface area (Å²) in [6, 6.07) is 5.33. The molecule has 0 spiro atoms. The van der Waals surface area contributed by atoms with Crippen LogP contribution < -0.4 is 0 Å². The second kappa shape index (κ2) is 4.71. The molecule has 0 nitrogen and oxygen atoms in total. The molecule has 0 heterocycles. The third-order valence-electron chi connectivity index (χ3n) is 3.77. The Labute approximate surface area is 124 Å². The molecule has 0 N–H and O–H groups in total. The van der Waals surface area contributed by atoms with E-state index in [1.807, 2.05) is 0 Å². The first-order valence-corrected chi connectivity index (χ1v) is 6.95. The maximum Gasteiger partial charge on any atom is 0.416 e. The maximum atomic E-state index is 13.1. The molecule has 1 aromatic carbocycles. The van der Waals surface area contributed by atoms with Crippen LogP contribution >= 0.6 is 34.8 Å². The first-order valence-electron chi connectivity index (χ1n) is 5.82. The Morgan fingerprint density at radius 2 is 1.47 bits per heavy atom. The van der Waals surface area contributed by atoms with Crippen LogP contribution in [0.4, 0.5) is 13.2 Å². The number of hydrogen-bond donors (Lipinski definition) is 0. The van der Waals surface area contributed by atoms with Gasteiger partial charge in [0.25, 0.3) is 0 Å². The zero-order chi connectivity index (χ0) is 14.5. The number of hydrogen-bond acceptors (Lipinski definition) is 0. The summed E-state index contributed by atoms with van der Waals surface area (Å²) in [5.74, 6) is -0.0384. The topological polar surface area (TPSA) is 0 Å².